The van der Waals surface area contributed by atoms with Crippen molar-refractivity contribution in [1.29, 1.82) is 0 Å². The zero-order valence-corrected chi connectivity index (χ0v) is 17.8. The molecule has 0 atom stereocenters. The minimum absolute atomic E-state index is 0.107. The van der Waals surface area contributed by atoms with Crippen molar-refractivity contribution in [1.82, 2.24) is 15.0 Å². The third-order valence-corrected chi connectivity index (χ3v) is 5.41. The first kappa shape index (κ1) is 19.3. The molecule has 0 saturated heterocycles. The number of fused-ring (bicyclic) bond motifs is 1. The van der Waals surface area contributed by atoms with E-state index in [1.165, 1.54) is 24.4 Å². The maximum Gasteiger partial charge on any atom is 0.232 e. The highest BCUT2D eigenvalue weighted by Gasteiger charge is 2.19. The smallest absolute Gasteiger partial charge is 0.232 e. The summed E-state index contributed by atoms with van der Waals surface area (Å²) in [4.78, 5) is 26.8. The van der Waals surface area contributed by atoms with Crippen LogP contribution >= 0.6 is 15.9 Å². The van der Waals surface area contributed by atoms with E-state index in [0.29, 0.717) is 11.9 Å². The fourth-order valence-corrected chi connectivity index (χ4v) is 3.82. The van der Waals surface area contributed by atoms with Crippen LogP contribution in [0.15, 0.2) is 47.2 Å². The maximum absolute atomic E-state index is 11.4. The van der Waals surface area contributed by atoms with Crippen LogP contribution in [0.2, 0.25) is 0 Å². The van der Waals surface area contributed by atoms with E-state index in [-0.39, 0.29) is 5.91 Å². The summed E-state index contributed by atoms with van der Waals surface area (Å²) in [6.07, 6.45) is 2.48. The lowest BCUT2D eigenvalue weighted by atomic mass is 10.0. The molecule has 1 aliphatic rings. The molecule has 1 aromatic heterocycles. The van der Waals surface area contributed by atoms with Gasteiger partial charge in [-0.05, 0) is 54.3 Å². The van der Waals surface area contributed by atoms with E-state index in [1.807, 2.05) is 25.1 Å². The van der Waals surface area contributed by atoms with Crippen molar-refractivity contribution in [2.45, 2.75) is 26.8 Å². The molecule has 1 aliphatic heterocycles. The van der Waals surface area contributed by atoms with Crippen molar-refractivity contribution in [3.63, 3.8) is 0 Å². The van der Waals surface area contributed by atoms with Crippen LogP contribution in [0.4, 0.5) is 23.3 Å². The summed E-state index contributed by atoms with van der Waals surface area (Å²) in [5.41, 5.74) is 5.15. The van der Waals surface area contributed by atoms with Crippen molar-refractivity contribution in [2.75, 3.05) is 22.1 Å². The Bertz CT molecular complexity index is 1070. The number of halogens is 1. The second-order valence-corrected chi connectivity index (χ2v) is 7.89. The Kier molecular flexibility index (Phi) is 5.44. The van der Waals surface area contributed by atoms with Crippen LogP contribution in [0.1, 0.15) is 23.6 Å². The number of anilines is 4. The van der Waals surface area contributed by atoms with Gasteiger partial charge in [-0.1, -0.05) is 28.1 Å². The molecular weight excluding hydrogens is 432 g/mol. The number of nitrogens with zero attached hydrogens (tertiary/aromatic N) is 4. The Balaban J connectivity index is 1.55. The third-order valence-electron chi connectivity index (χ3n) is 4.91. The number of nitrogens with one attached hydrogen (secondary N) is 2. The molecule has 0 fully saturated rings. The molecule has 3 aromatic rings. The number of aromatic nitrogens is 3. The highest BCUT2D eigenvalue weighted by atomic mass is 79.9. The van der Waals surface area contributed by atoms with E-state index in [0.717, 1.165) is 40.9 Å². The Morgan fingerprint density at radius 2 is 1.97 bits per heavy atom. The molecule has 0 unspecified atom stereocenters. The summed E-state index contributed by atoms with van der Waals surface area (Å²) in [7, 11) is 0. The molecule has 29 heavy (non-hydrogen) atoms. The molecule has 2 heterocycles. The van der Waals surface area contributed by atoms with Gasteiger partial charge in [0.15, 0.2) is 0 Å². The van der Waals surface area contributed by atoms with Gasteiger partial charge in [0.25, 0.3) is 0 Å². The normalized spacial score (nSPS) is 13.0. The van der Waals surface area contributed by atoms with Gasteiger partial charge in [-0.15, -0.1) is 0 Å². The topological polar surface area (TPSA) is 83.0 Å². The standard InChI is InChI=1S/C21H21BrN6O/c1-13-18(25-14(2)29)4-3-5-19(13)26-20-23-12-24-21(27-20)28-9-8-15-6-7-17(22)10-16(15)11-28/h3-7,10,12H,8-9,11H2,1-2H3,(H,25,29)(H,23,24,26,27). The van der Waals surface area contributed by atoms with Crippen LogP contribution in [0.5, 0.6) is 0 Å². The predicted molar refractivity (Wildman–Crippen MR) is 117 cm³/mol. The fraction of sp³-hybridized carbons (Fsp3) is 0.238. The molecule has 148 valence electrons. The molecule has 8 heteroatoms. The lowest BCUT2D eigenvalue weighted by molar-refractivity contribution is -0.114. The quantitative estimate of drug-likeness (QED) is 0.616. The highest BCUT2D eigenvalue weighted by Crippen LogP contribution is 2.27. The molecule has 0 bridgehead atoms. The number of hydrogen-bond donors (Lipinski definition) is 2. The van der Waals surface area contributed by atoms with Gasteiger partial charge < -0.3 is 15.5 Å². The van der Waals surface area contributed by atoms with Gasteiger partial charge in [0.1, 0.15) is 6.33 Å². The van der Waals surface area contributed by atoms with Gasteiger partial charge >= 0.3 is 0 Å². The Morgan fingerprint density at radius 3 is 2.79 bits per heavy atom. The second-order valence-electron chi connectivity index (χ2n) is 6.98. The van der Waals surface area contributed by atoms with E-state index in [4.69, 9.17) is 0 Å². The van der Waals surface area contributed by atoms with Crippen LogP contribution in [-0.4, -0.2) is 27.4 Å². The number of amides is 1. The van der Waals surface area contributed by atoms with Crippen molar-refractivity contribution >= 4 is 45.1 Å². The monoisotopic (exact) mass is 452 g/mol. The molecule has 0 radical (unpaired) electrons. The zero-order valence-electron chi connectivity index (χ0n) is 16.2. The molecular formula is C21H21BrN6O. The molecule has 0 aliphatic carbocycles. The first-order chi connectivity index (χ1) is 14.0. The highest BCUT2D eigenvalue weighted by molar-refractivity contribution is 9.10. The maximum atomic E-state index is 11.4. The minimum atomic E-state index is -0.107. The lowest BCUT2D eigenvalue weighted by Crippen LogP contribution is -2.32. The van der Waals surface area contributed by atoms with Crippen LogP contribution in [0.3, 0.4) is 0 Å². The van der Waals surface area contributed by atoms with Crippen molar-refractivity contribution in [3.8, 4) is 0 Å². The van der Waals surface area contributed by atoms with Crippen LogP contribution < -0.4 is 15.5 Å². The average molecular weight is 453 g/mol. The fourth-order valence-electron chi connectivity index (χ4n) is 3.41. The van der Waals surface area contributed by atoms with Gasteiger partial charge in [0.2, 0.25) is 17.8 Å². The summed E-state index contributed by atoms with van der Waals surface area (Å²) in [5, 5.41) is 6.08. The Hall–Kier alpha value is -3.00. The summed E-state index contributed by atoms with van der Waals surface area (Å²) in [5.74, 6) is 1.01. The molecule has 0 spiro atoms. The van der Waals surface area contributed by atoms with Crippen LogP contribution in [-0.2, 0) is 17.8 Å². The summed E-state index contributed by atoms with van der Waals surface area (Å²) >= 11 is 3.55. The van der Waals surface area contributed by atoms with Gasteiger partial charge in [-0.3, -0.25) is 4.79 Å². The van der Waals surface area contributed by atoms with E-state index in [2.05, 4.69) is 64.6 Å². The molecule has 1 amide bonds. The molecule has 4 rings (SSSR count). The Morgan fingerprint density at radius 1 is 1.14 bits per heavy atom. The molecule has 2 N–H and O–H groups in total. The lowest BCUT2D eigenvalue weighted by Gasteiger charge is -2.29. The number of rotatable bonds is 4. The molecule has 0 saturated carbocycles. The predicted octanol–water partition coefficient (Wildman–Crippen LogP) is 4.21. The van der Waals surface area contributed by atoms with E-state index in [1.54, 1.807) is 0 Å². The SMILES string of the molecule is CC(=O)Nc1cccc(Nc2ncnc(N3CCc4ccc(Br)cc4C3)n2)c1C. The summed E-state index contributed by atoms with van der Waals surface area (Å²) in [6.45, 7) is 5.05. The largest absolute Gasteiger partial charge is 0.336 e. The van der Waals surface area contributed by atoms with Crippen LogP contribution in [0.25, 0.3) is 0 Å². The van der Waals surface area contributed by atoms with Crippen molar-refractivity contribution in [2.24, 2.45) is 0 Å². The average Bonchev–Trinajstić information content (AvgIpc) is 2.70. The molecule has 2 aromatic carbocycles. The Labute approximate surface area is 177 Å². The summed E-state index contributed by atoms with van der Waals surface area (Å²) in [6, 6.07) is 12.1. The van der Waals surface area contributed by atoms with E-state index >= 15 is 0 Å². The number of benzene rings is 2. The first-order valence-corrected chi connectivity index (χ1v) is 10.1. The van der Waals surface area contributed by atoms with Gasteiger partial charge in [0.05, 0.1) is 0 Å². The first-order valence-electron chi connectivity index (χ1n) is 9.35. The van der Waals surface area contributed by atoms with Crippen LogP contribution in [0, 0.1) is 6.92 Å². The van der Waals surface area contributed by atoms with Gasteiger partial charge in [-0.2, -0.15) is 4.98 Å². The van der Waals surface area contributed by atoms with E-state index in [9.17, 15) is 4.79 Å². The van der Waals surface area contributed by atoms with Gasteiger partial charge in [0, 0.05) is 35.9 Å². The van der Waals surface area contributed by atoms with Crippen molar-refractivity contribution in [3.05, 3.63) is 63.9 Å². The molecule has 7 nitrogen and oxygen atoms in total. The number of carbonyl (C=O) groups is 1. The third kappa shape index (κ3) is 4.37. The number of hydrogen-bond acceptors (Lipinski definition) is 6. The van der Waals surface area contributed by atoms with Crippen molar-refractivity contribution < 1.29 is 4.79 Å². The van der Waals surface area contributed by atoms with Gasteiger partial charge in [-0.25, -0.2) is 9.97 Å². The number of carbonyl (C=O) groups excluding carboxylic acids is 1. The van der Waals surface area contributed by atoms with E-state index < -0.39 is 0 Å². The zero-order chi connectivity index (χ0) is 20.4. The summed E-state index contributed by atoms with van der Waals surface area (Å²) < 4.78 is 1.07. The second kappa shape index (κ2) is 8.16. The minimum Gasteiger partial charge on any atom is -0.336 e.